The second kappa shape index (κ2) is 5.53. The SMILES string of the molecule is CCOC(=O)n1c(-c2ccccc2)cc2c1ccn1cc(C)nc21. The zero-order valence-electron chi connectivity index (χ0n) is 13.6. The van der Waals surface area contributed by atoms with Crippen molar-refractivity contribution in [3.05, 3.63) is 60.6 Å². The van der Waals surface area contributed by atoms with Crippen LogP contribution in [-0.4, -0.2) is 26.7 Å². The molecule has 0 bridgehead atoms. The third-order valence-electron chi connectivity index (χ3n) is 4.05. The summed E-state index contributed by atoms with van der Waals surface area (Å²) in [4.78, 5) is 17.2. The third kappa shape index (κ3) is 2.17. The van der Waals surface area contributed by atoms with Crippen molar-refractivity contribution in [2.45, 2.75) is 13.8 Å². The monoisotopic (exact) mass is 319 g/mol. The summed E-state index contributed by atoms with van der Waals surface area (Å²) < 4.78 is 8.87. The first-order valence-electron chi connectivity index (χ1n) is 7.91. The van der Waals surface area contributed by atoms with E-state index < -0.39 is 0 Å². The zero-order valence-corrected chi connectivity index (χ0v) is 13.6. The molecule has 0 aliphatic carbocycles. The van der Waals surface area contributed by atoms with Crippen LogP contribution in [0.1, 0.15) is 12.6 Å². The molecule has 3 heterocycles. The van der Waals surface area contributed by atoms with Crippen molar-refractivity contribution in [1.82, 2.24) is 14.0 Å². The highest BCUT2D eigenvalue weighted by Crippen LogP contribution is 2.30. The van der Waals surface area contributed by atoms with Gasteiger partial charge in [0.1, 0.15) is 5.65 Å². The first kappa shape index (κ1) is 14.5. The number of aryl methyl sites for hydroxylation is 1. The average Bonchev–Trinajstić information content (AvgIpc) is 3.15. The summed E-state index contributed by atoms with van der Waals surface area (Å²) in [6.07, 6.45) is 3.51. The number of hydrogen-bond donors (Lipinski definition) is 0. The Bertz CT molecular complexity index is 1040. The second-order valence-corrected chi connectivity index (χ2v) is 5.66. The second-order valence-electron chi connectivity index (χ2n) is 5.66. The van der Waals surface area contributed by atoms with Crippen molar-refractivity contribution in [3.63, 3.8) is 0 Å². The van der Waals surface area contributed by atoms with Gasteiger partial charge >= 0.3 is 6.09 Å². The summed E-state index contributed by atoms with van der Waals surface area (Å²) in [6, 6.07) is 13.8. The first-order chi connectivity index (χ1) is 11.7. The molecule has 0 fully saturated rings. The highest BCUT2D eigenvalue weighted by molar-refractivity contribution is 6.02. The van der Waals surface area contributed by atoms with Crippen molar-refractivity contribution in [3.8, 4) is 11.3 Å². The largest absolute Gasteiger partial charge is 0.449 e. The van der Waals surface area contributed by atoms with E-state index in [0.717, 1.165) is 33.5 Å². The molecule has 4 aromatic rings. The van der Waals surface area contributed by atoms with Gasteiger partial charge in [-0.1, -0.05) is 30.3 Å². The Hall–Kier alpha value is -3.08. The predicted molar refractivity (Wildman–Crippen MR) is 93.3 cm³/mol. The summed E-state index contributed by atoms with van der Waals surface area (Å²) in [5, 5.41) is 0.928. The maximum absolute atomic E-state index is 12.6. The summed E-state index contributed by atoms with van der Waals surface area (Å²) in [5.74, 6) is 0. The number of rotatable bonds is 2. The molecule has 0 amide bonds. The molecule has 0 radical (unpaired) electrons. The number of ether oxygens (including phenoxy) is 1. The normalized spacial score (nSPS) is 11.2. The molecule has 5 heteroatoms. The quantitative estimate of drug-likeness (QED) is 0.554. The summed E-state index contributed by atoms with van der Waals surface area (Å²) in [5.41, 5.74) is 4.34. The summed E-state index contributed by atoms with van der Waals surface area (Å²) in [6.45, 7) is 4.10. The summed E-state index contributed by atoms with van der Waals surface area (Å²) in [7, 11) is 0. The van der Waals surface area contributed by atoms with E-state index in [4.69, 9.17) is 4.74 Å². The summed E-state index contributed by atoms with van der Waals surface area (Å²) >= 11 is 0. The van der Waals surface area contributed by atoms with Gasteiger partial charge in [0.2, 0.25) is 0 Å². The standard InChI is InChI=1S/C19H17N3O2/c1-3-24-19(23)22-16-9-10-21-12-13(2)20-18(21)15(16)11-17(22)14-7-5-4-6-8-14/h4-12H,3H2,1-2H3. The van der Waals surface area contributed by atoms with Crippen LogP contribution >= 0.6 is 0 Å². The van der Waals surface area contributed by atoms with Crippen molar-refractivity contribution >= 4 is 22.6 Å². The number of hydrogen-bond acceptors (Lipinski definition) is 3. The lowest BCUT2D eigenvalue weighted by molar-refractivity contribution is 0.155. The Morgan fingerprint density at radius 3 is 2.75 bits per heavy atom. The Morgan fingerprint density at radius 2 is 2.00 bits per heavy atom. The molecule has 0 unspecified atom stereocenters. The molecule has 5 nitrogen and oxygen atoms in total. The fourth-order valence-corrected chi connectivity index (χ4v) is 3.05. The molecule has 0 aliphatic heterocycles. The van der Waals surface area contributed by atoms with E-state index in [2.05, 4.69) is 4.98 Å². The highest BCUT2D eigenvalue weighted by atomic mass is 16.5. The van der Waals surface area contributed by atoms with Gasteiger partial charge in [-0.3, -0.25) is 0 Å². The van der Waals surface area contributed by atoms with E-state index in [1.165, 1.54) is 0 Å². The number of carbonyl (C=O) groups excluding carboxylic acids is 1. The number of aromatic nitrogens is 3. The van der Waals surface area contributed by atoms with Crippen LogP contribution in [0.3, 0.4) is 0 Å². The minimum absolute atomic E-state index is 0.331. The highest BCUT2D eigenvalue weighted by Gasteiger charge is 2.19. The van der Waals surface area contributed by atoms with Crippen LogP contribution in [0.25, 0.3) is 27.8 Å². The van der Waals surface area contributed by atoms with Crippen LogP contribution < -0.4 is 0 Å². The van der Waals surface area contributed by atoms with E-state index in [9.17, 15) is 4.79 Å². The molecule has 120 valence electrons. The van der Waals surface area contributed by atoms with Crippen LogP contribution in [0, 0.1) is 6.92 Å². The van der Waals surface area contributed by atoms with Crippen LogP contribution in [0.4, 0.5) is 4.79 Å². The molecule has 0 aliphatic rings. The number of carbonyl (C=O) groups is 1. The van der Waals surface area contributed by atoms with Gasteiger partial charge in [-0.15, -0.1) is 0 Å². The van der Waals surface area contributed by atoms with E-state index in [1.807, 2.05) is 73.1 Å². The number of benzene rings is 1. The number of pyridine rings is 1. The van der Waals surface area contributed by atoms with Crippen molar-refractivity contribution in [1.29, 1.82) is 0 Å². The zero-order chi connectivity index (χ0) is 16.7. The molecule has 1 aromatic carbocycles. The van der Waals surface area contributed by atoms with Crippen LogP contribution in [0.15, 0.2) is 54.9 Å². The third-order valence-corrected chi connectivity index (χ3v) is 4.05. The van der Waals surface area contributed by atoms with Crippen LogP contribution in [0.2, 0.25) is 0 Å². The smallest absolute Gasteiger partial charge is 0.418 e. The lowest BCUT2D eigenvalue weighted by Gasteiger charge is -2.09. The van der Waals surface area contributed by atoms with Crippen LogP contribution in [0.5, 0.6) is 0 Å². The lowest BCUT2D eigenvalue weighted by Crippen LogP contribution is -2.14. The number of fused-ring (bicyclic) bond motifs is 3. The molecule has 24 heavy (non-hydrogen) atoms. The fraction of sp³-hybridized carbons (Fsp3) is 0.158. The molecular formula is C19H17N3O2. The van der Waals surface area contributed by atoms with E-state index in [1.54, 1.807) is 4.57 Å². The molecule has 0 N–H and O–H groups in total. The minimum Gasteiger partial charge on any atom is -0.449 e. The predicted octanol–water partition coefficient (Wildman–Crippen LogP) is 4.27. The van der Waals surface area contributed by atoms with Crippen LogP contribution in [-0.2, 0) is 4.74 Å². The van der Waals surface area contributed by atoms with E-state index in [0.29, 0.717) is 6.61 Å². The van der Waals surface area contributed by atoms with E-state index >= 15 is 0 Å². The molecular weight excluding hydrogens is 302 g/mol. The number of nitrogens with zero attached hydrogens (tertiary/aromatic N) is 3. The topological polar surface area (TPSA) is 48.5 Å². The molecule has 4 rings (SSSR count). The molecule has 3 aromatic heterocycles. The molecule has 0 spiro atoms. The Kier molecular flexibility index (Phi) is 3.34. The fourth-order valence-electron chi connectivity index (χ4n) is 3.05. The van der Waals surface area contributed by atoms with Gasteiger partial charge in [-0.2, -0.15) is 0 Å². The van der Waals surface area contributed by atoms with Gasteiger partial charge in [0, 0.05) is 17.8 Å². The number of imidazole rings is 1. The Labute approximate surface area is 139 Å². The van der Waals surface area contributed by atoms with Gasteiger partial charge < -0.3 is 9.14 Å². The minimum atomic E-state index is -0.376. The van der Waals surface area contributed by atoms with Crippen molar-refractivity contribution in [2.75, 3.05) is 6.61 Å². The molecule has 0 saturated heterocycles. The van der Waals surface area contributed by atoms with E-state index in [-0.39, 0.29) is 6.09 Å². The molecule has 0 atom stereocenters. The van der Waals surface area contributed by atoms with Crippen molar-refractivity contribution < 1.29 is 9.53 Å². The van der Waals surface area contributed by atoms with Gasteiger partial charge in [-0.05, 0) is 31.5 Å². The van der Waals surface area contributed by atoms with Crippen molar-refractivity contribution in [2.24, 2.45) is 0 Å². The lowest BCUT2D eigenvalue weighted by atomic mass is 10.1. The molecule has 0 saturated carbocycles. The maximum Gasteiger partial charge on any atom is 0.418 e. The van der Waals surface area contributed by atoms with Gasteiger partial charge in [-0.25, -0.2) is 14.3 Å². The maximum atomic E-state index is 12.6. The van der Waals surface area contributed by atoms with Gasteiger partial charge in [0.25, 0.3) is 0 Å². The average molecular weight is 319 g/mol. The Morgan fingerprint density at radius 1 is 1.21 bits per heavy atom. The Balaban J connectivity index is 2.07. The van der Waals surface area contributed by atoms with Gasteiger partial charge in [0.15, 0.2) is 0 Å². The van der Waals surface area contributed by atoms with Gasteiger partial charge in [0.05, 0.1) is 23.5 Å². The first-order valence-corrected chi connectivity index (χ1v) is 7.91.